The van der Waals surface area contributed by atoms with Gasteiger partial charge >= 0.3 is 0 Å². The molecule has 0 saturated carbocycles. The number of hydrogen-bond donors (Lipinski definition) is 2. The molecule has 110 valence electrons. The fraction of sp³-hybridized carbons (Fsp3) is 0.600. The third-order valence-electron chi connectivity index (χ3n) is 1.76. The summed E-state index contributed by atoms with van der Waals surface area (Å²) in [5, 5.41) is 0. The Balaban J connectivity index is 0. The third kappa shape index (κ3) is 14.4. The predicted octanol–water partition coefficient (Wildman–Crippen LogP) is 3.83. The maximum absolute atomic E-state index is 4.32. The van der Waals surface area contributed by atoms with Gasteiger partial charge in [0.05, 0.1) is 0 Å². The highest BCUT2D eigenvalue weighted by atomic mass is 15.4. The van der Waals surface area contributed by atoms with Gasteiger partial charge in [-0.05, 0) is 27.2 Å². The predicted molar refractivity (Wildman–Crippen MR) is 87.6 cm³/mol. The molecule has 19 heavy (non-hydrogen) atoms. The van der Waals surface area contributed by atoms with Crippen molar-refractivity contribution in [2.24, 2.45) is 9.98 Å². The number of hydrazine groups is 1. The standard InChI is InChI=1S/C9H16N4.C4H8.C2H6/c1-7(2)12-13-9-6-4-5-8(10-3)11-9;1-4(2)3;1-2/h12H,1,4-6H2,2-3H3,(H,10,11,13);1H2,2-3H3;1-2H3. The summed E-state index contributed by atoms with van der Waals surface area (Å²) < 4.78 is 0. The number of nitrogens with one attached hydrogen (secondary N) is 2. The molecule has 1 heterocycles. The summed E-state index contributed by atoms with van der Waals surface area (Å²) in [5.41, 5.74) is 7.98. The zero-order chi connectivity index (χ0) is 15.3. The van der Waals surface area contributed by atoms with E-state index in [4.69, 9.17) is 0 Å². The first-order valence-electron chi connectivity index (χ1n) is 6.78. The lowest BCUT2D eigenvalue weighted by Gasteiger charge is -2.15. The smallest absolute Gasteiger partial charge is 0.125 e. The van der Waals surface area contributed by atoms with E-state index < -0.39 is 0 Å². The average Bonchev–Trinajstić information content (AvgIpc) is 2.38. The maximum Gasteiger partial charge on any atom is 0.125 e. The van der Waals surface area contributed by atoms with Gasteiger partial charge in [0.25, 0.3) is 0 Å². The Morgan fingerprint density at radius 3 is 2.11 bits per heavy atom. The van der Waals surface area contributed by atoms with Gasteiger partial charge in [-0.25, -0.2) is 4.99 Å². The van der Waals surface area contributed by atoms with E-state index >= 15 is 0 Å². The van der Waals surface area contributed by atoms with Gasteiger partial charge < -0.3 is 5.43 Å². The van der Waals surface area contributed by atoms with Crippen molar-refractivity contribution in [3.63, 3.8) is 0 Å². The zero-order valence-electron chi connectivity index (χ0n) is 13.4. The first-order valence-corrected chi connectivity index (χ1v) is 6.78. The van der Waals surface area contributed by atoms with E-state index in [1.54, 1.807) is 7.05 Å². The van der Waals surface area contributed by atoms with Crippen molar-refractivity contribution in [3.8, 4) is 0 Å². The molecule has 2 N–H and O–H groups in total. The lowest BCUT2D eigenvalue weighted by molar-refractivity contribution is 0.731. The van der Waals surface area contributed by atoms with Crippen molar-refractivity contribution in [2.75, 3.05) is 7.05 Å². The molecule has 0 amide bonds. The molecule has 0 aromatic carbocycles. The highest BCUT2D eigenvalue weighted by Gasteiger charge is 2.08. The van der Waals surface area contributed by atoms with E-state index in [2.05, 4.69) is 34.0 Å². The molecule has 0 saturated heterocycles. The molecule has 0 fully saturated rings. The Morgan fingerprint density at radius 1 is 1.16 bits per heavy atom. The molecule has 0 atom stereocenters. The van der Waals surface area contributed by atoms with Gasteiger partial charge in [-0.3, -0.25) is 10.4 Å². The molecule has 0 bridgehead atoms. The van der Waals surface area contributed by atoms with Gasteiger partial charge in [-0.1, -0.05) is 26.0 Å². The number of amidine groups is 2. The molecule has 4 heteroatoms. The van der Waals surface area contributed by atoms with Crippen LogP contribution >= 0.6 is 0 Å². The van der Waals surface area contributed by atoms with Crippen LogP contribution in [0.3, 0.4) is 0 Å². The van der Waals surface area contributed by atoms with Crippen LogP contribution in [0.1, 0.15) is 53.9 Å². The summed E-state index contributed by atoms with van der Waals surface area (Å²) in [7, 11) is 1.77. The fourth-order valence-corrected chi connectivity index (χ4v) is 1.11. The number of aliphatic imine (C=N–C) groups is 2. The minimum atomic E-state index is 0.878. The number of nitrogens with zero attached hydrogens (tertiary/aromatic N) is 2. The molecule has 0 aliphatic carbocycles. The van der Waals surface area contributed by atoms with Crippen molar-refractivity contribution in [3.05, 3.63) is 24.4 Å². The Kier molecular flexibility index (Phi) is 13.4. The van der Waals surface area contributed by atoms with Crippen molar-refractivity contribution < 1.29 is 0 Å². The summed E-state index contributed by atoms with van der Waals surface area (Å²) in [6.45, 7) is 17.1. The Bertz CT molecular complexity index is 323. The molecule has 0 radical (unpaired) electrons. The van der Waals surface area contributed by atoms with Crippen LogP contribution in [0.5, 0.6) is 0 Å². The van der Waals surface area contributed by atoms with E-state index in [-0.39, 0.29) is 0 Å². The molecule has 0 aromatic rings. The number of rotatable bonds is 2. The van der Waals surface area contributed by atoms with E-state index in [0.29, 0.717) is 0 Å². The first-order chi connectivity index (χ1) is 8.95. The van der Waals surface area contributed by atoms with Crippen LogP contribution in [0, 0.1) is 0 Å². The highest BCUT2D eigenvalue weighted by molar-refractivity contribution is 5.98. The Morgan fingerprint density at radius 2 is 1.68 bits per heavy atom. The van der Waals surface area contributed by atoms with E-state index in [1.165, 1.54) is 5.57 Å². The maximum atomic E-state index is 4.32. The summed E-state index contributed by atoms with van der Waals surface area (Å²) >= 11 is 0. The normalized spacial score (nSPS) is 15.1. The minimum Gasteiger partial charge on any atom is -0.305 e. The molecular formula is C15H30N4. The largest absolute Gasteiger partial charge is 0.305 e. The van der Waals surface area contributed by atoms with Crippen molar-refractivity contribution in [1.29, 1.82) is 0 Å². The van der Waals surface area contributed by atoms with E-state index in [1.807, 2.05) is 34.6 Å². The van der Waals surface area contributed by atoms with Crippen molar-refractivity contribution in [1.82, 2.24) is 10.9 Å². The van der Waals surface area contributed by atoms with E-state index in [9.17, 15) is 0 Å². The minimum absolute atomic E-state index is 0.878. The van der Waals surface area contributed by atoms with Crippen LogP contribution in [0.4, 0.5) is 0 Å². The summed E-state index contributed by atoms with van der Waals surface area (Å²) in [4.78, 5) is 8.39. The summed E-state index contributed by atoms with van der Waals surface area (Å²) in [6, 6.07) is 0. The lowest BCUT2D eigenvalue weighted by atomic mass is 10.1. The first kappa shape index (κ1) is 19.8. The second kappa shape index (κ2) is 12.9. The molecular weight excluding hydrogens is 236 g/mol. The monoisotopic (exact) mass is 266 g/mol. The quantitative estimate of drug-likeness (QED) is 0.589. The molecule has 1 rings (SSSR count). The Hall–Kier alpha value is -1.58. The fourth-order valence-electron chi connectivity index (χ4n) is 1.11. The molecule has 0 unspecified atom stereocenters. The van der Waals surface area contributed by atoms with E-state index in [0.717, 1.165) is 36.6 Å². The van der Waals surface area contributed by atoms with Gasteiger partial charge in [0.1, 0.15) is 11.7 Å². The van der Waals surface area contributed by atoms with Gasteiger partial charge in [0.2, 0.25) is 0 Å². The lowest BCUT2D eigenvalue weighted by Crippen LogP contribution is -2.37. The SMILES string of the molecule is C=C(C)C.C=C(C)NNC1=NC(=NC)CCC1.CC. The second-order valence-electron chi connectivity index (χ2n) is 4.29. The van der Waals surface area contributed by atoms with Gasteiger partial charge in [-0.2, -0.15) is 0 Å². The number of allylic oxidation sites excluding steroid dienone is 2. The molecule has 1 aliphatic heterocycles. The van der Waals surface area contributed by atoms with Gasteiger partial charge in [0.15, 0.2) is 0 Å². The van der Waals surface area contributed by atoms with Crippen LogP contribution in [0.25, 0.3) is 0 Å². The van der Waals surface area contributed by atoms with Gasteiger partial charge in [-0.15, -0.1) is 6.58 Å². The van der Waals surface area contributed by atoms with Crippen LogP contribution in [0.2, 0.25) is 0 Å². The second-order valence-corrected chi connectivity index (χ2v) is 4.29. The van der Waals surface area contributed by atoms with Gasteiger partial charge in [0, 0.05) is 25.6 Å². The van der Waals surface area contributed by atoms with Crippen molar-refractivity contribution >= 4 is 11.7 Å². The Labute approximate surface area is 118 Å². The zero-order valence-corrected chi connectivity index (χ0v) is 13.4. The summed E-state index contributed by atoms with van der Waals surface area (Å²) in [6.07, 6.45) is 3.06. The van der Waals surface area contributed by atoms with Crippen LogP contribution in [-0.4, -0.2) is 18.7 Å². The number of hydrogen-bond acceptors (Lipinski definition) is 3. The molecule has 0 aromatic heterocycles. The average molecular weight is 266 g/mol. The molecule has 0 spiro atoms. The molecule has 4 nitrogen and oxygen atoms in total. The third-order valence-corrected chi connectivity index (χ3v) is 1.76. The van der Waals surface area contributed by atoms with Crippen LogP contribution in [-0.2, 0) is 0 Å². The van der Waals surface area contributed by atoms with Crippen molar-refractivity contribution in [2.45, 2.75) is 53.9 Å². The summed E-state index contributed by atoms with van der Waals surface area (Å²) in [5.74, 6) is 1.85. The van der Waals surface area contributed by atoms with Crippen LogP contribution < -0.4 is 10.9 Å². The van der Waals surface area contributed by atoms with Crippen LogP contribution in [0.15, 0.2) is 34.4 Å². The molecule has 1 aliphatic rings. The highest BCUT2D eigenvalue weighted by Crippen LogP contribution is 2.06. The topological polar surface area (TPSA) is 48.8 Å².